The molecule has 0 aliphatic carbocycles. The lowest BCUT2D eigenvalue weighted by molar-refractivity contribution is -0.144. The summed E-state index contributed by atoms with van der Waals surface area (Å²) in [5.74, 6) is -0.469. The fraction of sp³-hybridized carbons (Fsp3) is 0.273. The SMILES string of the molecule is COC(=O)C(Cc1ccc(N)cc1)NC=O. The number of nitrogens with one attached hydrogen (secondary N) is 1. The Morgan fingerprint density at radius 1 is 1.50 bits per heavy atom. The molecule has 0 radical (unpaired) electrons. The van der Waals surface area contributed by atoms with Crippen LogP contribution in [0.2, 0.25) is 0 Å². The van der Waals surface area contributed by atoms with E-state index in [2.05, 4.69) is 10.1 Å². The molecule has 0 saturated carbocycles. The van der Waals surface area contributed by atoms with Crippen LogP contribution < -0.4 is 11.1 Å². The van der Waals surface area contributed by atoms with E-state index in [4.69, 9.17) is 5.73 Å². The lowest BCUT2D eigenvalue weighted by Gasteiger charge is -2.13. The third-order valence-corrected chi connectivity index (χ3v) is 2.17. The number of esters is 1. The molecule has 3 N–H and O–H groups in total. The monoisotopic (exact) mass is 222 g/mol. The molecule has 1 aromatic rings. The van der Waals surface area contributed by atoms with Crippen LogP contribution in [0.5, 0.6) is 0 Å². The van der Waals surface area contributed by atoms with Crippen molar-refractivity contribution in [2.24, 2.45) is 0 Å². The van der Waals surface area contributed by atoms with Gasteiger partial charge in [0.15, 0.2) is 0 Å². The van der Waals surface area contributed by atoms with E-state index >= 15 is 0 Å². The summed E-state index contributed by atoms with van der Waals surface area (Å²) >= 11 is 0. The van der Waals surface area contributed by atoms with Gasteiger partial charge in [-0.25, -0.2) is 4.79 Å². The summed E-state index contributed by atoms with van der Waals surface area (Å²) in [5, 5.41) is 2.41. The number of benzene rings is 1. The molecule has 1 rings (SSSR count). The van der Waals surface area contributed by atoms with Gasteiger partial charge in [-0.3, -0.25) is 4.79 Å². The van der Waals surface area contributed by atoms with Crippen molar-refractivity contribution in [3.63, 3.8) is 0 Å². The van der Waals surface area contributed by atoms with E-state index in [0.717, 1.165) is 5.56 Å². The number of carbonyl (C=O) groups excluding carboxylic acids is 2. The van der Waals surface area contributed by atoms with Crippen molar-refractivity contribution in [1.29, 1.82) is 0 Å². The van der Waals surface area contributed by atoms with Gasteiger partial charge in [-0.2, -0.15) is 0 Å². The highest BCUT2D eigenvalue weighted by Gasteiger charge is 2.18. The highest BCUT2D eigenvalue weighted by Crippen LogP contribution is 2.08. The predicted molar refractivity (Wildman–Crippen MR) is 59.6 cm³/mol. The summed E-state index contributed by atoms with van der Waals surface area (Å²) in [6, 6.07) is 6.43. The van der Waals surface area contributed by atoms with Crippen molar-refractivity contribution in [3.05, 3.63) is 29.8 Å². The molecule has 1 amide bonds. The van der Waals surface area contributed by atoms with Gasteiger partial charge in [-0.05, 0) is 17.7 Å². The van der Waals surface area contributed by atoms with Gasteiger partial charge in [0.1, 0.15) is 6.04 Å². The standard InChI is InChI=1S/C11H14N2O3/c1-16-11(15)10(13-7-14)6-8-2-4-9(12)5-3-8/h2-5,7,10H,6,12H2,1H3,(H,13,14). The summed E-state index contributed by atoms with van der Waals surface area (Å²) in [4.78, 5) is 21.6. The van der Waals surface area contributed by atoms with Crippen LogP contribution in [0.3, 0.4) is 0 Å². The average Bonchev–Trinajstić information content (AvgIpc) is 2.30. The molecule has 0 spiro atoms. The maximum absolute atomic E-state index is 11.3. The van der Waals surface area contributed by atoms with Gasteiger partial charge < -0.3 is 15.8 Å². The van der Waals surface area contributed by atoms with Crippen LogP contribution in [0.4, 0.5) is 5.69 Å². The molecule has 1 aromatic carbocycles. The lowest BCUT2D eigenvalue weighted by atomic mass is 10.1. The van der Waals surface area contributed by atoms with E-state index in [9.17, 15) is 9.59 Å². The Kier molecular flexibility index (Phi) is 4.32. The Morgan fingerprint density at radius 3 is 2.62 bits per heavy atom. The van der Waals surface area contributed by atoms with Gasteiger partial charge in [-0.1, -0.05) is 12.1 Å². The van der Waals surface area contributed by atoms with Gasteiger partial charge in [-0.15, -0.1) is 0 Å². The smallest absolute Gasteiger partial charge is 0.328 e. The zero-order valence-corrected chi connectivity index (χ0v) is 8.97. The number of nitrogen functional groups attached to an aromatic ring is 1. The molecule has 0 bridgehead atoms. The second-order valence-electron chi connectivity index (χ2n) is 3.31. The number of hydrogen-bond donors (Lipinski definition) is 2. The van der Waals surface area contributed by atoms with Gasteiger partial charge in [0.05, 0.1) is 7.11 Å². The zero-order valence-electron chi connectivity index (χ0n) is 8.97. The van der Waals surface area contributed by atoms with Crippen LogP contribution in [-0.4, -0.2) is 25.5 Å². The van der Waals surface area contributed by atoms with Crippen molar-refractivity contribution in [3.8, 4) is 0 Å². The average molecular weight is 222 g/mol. The van der Waals surface area contributed by atoms with Crippen molar-refractivity contribution < 1.29 is 14.3 Å². The third-order valence-electron chi connectivity index (χ3n) is 2.17. The largest absolute Gasteiger partial charge is 0.467 e. The number of nitrogens with two attached hydrogens (primary N) is 1. The van der Waals surface area contributed by atoms with Crippen molar-refractivity contribution in [2.45, 2.75) is 12.5 Å². The fourth-order valence-corrected chi connectivity index (χ4v) is 1.32. The molecule has 1 unspecified atom stereocenters. The number of ether oxygens (including phenoxy) is 1. The maximum atomic E-state index is 11.3. The summed E-state index contributed by atoms with van der Waals surface area (Å²) in [6.07, 6.45) is 0.866. The Morgan fingerprint density at radius 2 is 2.12 bits per heavy atom. The molecule has 0 aromatic heterocycles. The van der Waals surface area contributed by atoms with Gasteiger partial charge in [0.2, 0.25) is 6.41 Å². The normalized spacial score (nSPS) is 11.6. The second kappa shape index (κ2) is 5.75. The Labute approximate surface area is 93.6 Å². The predicted octanol–water partition coefficient (Wildman–Crippen LogP) is 0.0989. The number of amides is 1. The Hall–Kier alpha value is -2.04. The van der Waals surface area contributed by atoms with E-state index in [1.54, 1.807) is 24.3 Å². The van der Waals surface area contributed by atoms with Crippen molar-refractivity contribution in [2.75, 3.05) is 12.8 Å². The quantitative estimate of drug-likeness (QED) is 0.420. The van der Waals surface area contributed by atoms with Crippen LogP contribution in [0.25, 0.3) is 0 Å². The minimum Gasteiger partial charge on any atom is -0.467 e. The molecule has 0 saturated heterocycles. The first-order valence-corrected chi connectivity index (χ1v) is 4.79. The minimum absolute atomic E-state index is 0.381. The third kappa shape index (κ3) is 3.27. The summed E-state index contributed by atoms with van der Waals surface area (Å²) in [5.41, 5.74) is 7.09. The number of carbonyl (C=O) groups is 2. The van der Waals surface area contributed by atoms with E-state index in [0.29, 0.717) is 18.5 Å². The molecule has 0 heterocycles. The van der Waals surface area contributed by atoms with Gasteiger partial charge in [0.25, 0.3) is 0 Å². The van der Waals surface area contributed by atoms with Crippen LogP contribution in [0.1, 0.15) is 5.56 Å². The molecule has 0 aliphatic heterocycles. The highest BCUT2D eigenvalue weighted by atomic mass is 16.5. The number of hydrogen-bond acceptors (Lipinski definition) is 4. The molecule has 5 heteroatoms. The van der Waals surface area contributed by atoms with E-state index in [1.807, 2.05) is 0 Å². The molecular formula is C11H14N2O3. The van der Waals surface area contributed by atoms with Crippen LogP contribution in [-0.2, 0) is 20.7 Å². The van der Waals surface area contributed by atoms with Gasteiger partial charge >= 0.3 is 5.97 Å². The fourth-order valence-electron chi connectivity index (χ4n) is 1.32. The number of rotatable bonds is 5. The molecule has 16 heavy (non-hydrogen) atoms. The van der Waals surface area contributed by atoms with Gasteiger partial charge in [0, 0.05) is 12.1 Å². The van der Waals surface area contributed by atoms with Crippen LogP contribution in [0, 0.1) is 0 Å². The molecule has 5 nitrogen and oxygen atoms in total. The Balaban J connectivity index is 2.71. The first-order chi connectivity index (χ1) is 7.67. The topological polar surface area (TPSA) is 81.4 Å². The maximum Gasteiger partial charge on any atom is 0.328 e. The second-order valence-corrected chi connectivity index (χ2v) is 3.31. The van der Waals surface area contributed by atoms with E-state index in [1.165, 1.54) is 7.11 Å². The van der Waals surface area contributed by atoms with Crippen LogP contribution in [0.15, 0.2) is 24.3 Å². The van der Waals surface area contributed by atoms with E-state index in [-0.39, 0.29) is 0 Å². The summed E-state index contributed by atoms with van der Waals surface area (Å²) in [7, 11) is 1.28. The molecular weight excluding hydrogens is 208 g/mol. The highest BCUT2D eigenvalue weighted by molar-refractivity contribution is 5.78. The van der Waals surface area contributed by atoms with Crippen LogP contribution >= 0.6 is 0 Å². The van der Waals surface area contributed by atoms with Crippen molar-refractivity contribution in [1.82, 2.24) is 5.32 Å². The lowest BCUT2D eigenvalue weighted by Crippen LogP contribution is -2.38. The minimum atomic E-state index is -0.661. The summed E-state index contributed by atoms with van der Waals surface area (Å²) in [6.45, 7) is 0. The number of methoxy groups -OCH3 is 1. The van der Waals surface area contributed by atoms with E-state index < -0.39 is 12.0 Å². The zero-order chi connectivity index (χ0) is 12.0. The molecule has 0 aliphatic rings. The molecule has 86 valence electrons. The first kappa shape index (κ1) is 12.0. The number of anilines is 1. The van der Waals surface area contributed by atoms with Crippen molar-refractivity contribution >= 4 is 18.1 Å². The summed E-state index contributed by atoms with van der Waals surface area (Å²) < 4.78 is 4.58. The molecule has 0 fully saturated rings. The first-order valence-electron chi connectivity index (χ1n) is 4.79. The Bertz CT molecular complexity index is 362. The molecule has 1 atom stereocenters.